The van der Waals surface area contributed by atoms with Crippen LogP contribution in [0.15, 0.2) is 88.1 Å². The first kappa shape index (κ1) is 20.8. The minimum Gasteiger partial charge on any atom is -0.408 e. The number of benzene rings is 3. The molecule has 3 aromatic carbocycles. The molecule has 1 atom stereocenters. The van der Waals surface area contributed by atoms with Crippen molar-refractivity contribution in [3.63, 3.8) is 0 Å². The number of rotatable bonds is 8. The minimum atomic E-state index is -0.402. The van der Waals surface area contributed by atoms with Gasteiger partial charge in [0, 0.05) is 13.0 Å². The molecule has 166 valence electrons. The standard InChI is InChI=1S/C26H24N4O3/c31-24(15-8-16-30-22-13-6-7-14-23(22)33-26(30)32)27-21(17-18-9-2-1-3-10-18)25-28-19-11-4-5-12-20(19)29-25/h1-7,9-14,21H,8,15-17H2,(H,27,31)(H,28,29)/t21-/m0/s1. The second kappa shape index (κ2) is 9.16. The van der Waals surface area contributed by atoms with E-state index in [9.17, 15) is 9.59 Å². The van der Waals surface area contributed by atoms with E-state index < -0.39 is 5.76 Å². The smallest absolute Gasteiger partial charge is 0.408 e. The lowest BCUT2D eigenvalue weighted by Gasteiger charge is -2.17. The zero-order valence-corrected chi connectivity index (χ0v) is 18.0. The van der Waals surface area contributed by atoms with E-state index in [-0.39, 0.29) is 18.4 Å². The molecule has 5 aromatic rings. The molecule has 2 heterocycles. The molecule has 0 aliphatic rings. The van der Waals surface area contributed by atoms with Gasteiger partial charge in [-0.2, -0.15) is 0 Å². The van der Waals surface area contributed by atoms with Crippen molar-refractivity contribution in [2.24, 2.45) is 0 Å². The van der Waals surface area contributed by atoms with Crippen molar-refractivity contribution < 1.29 is 9.21 Å². The Bertz CT molecular complexity index is 1420. The molecule has 0 fully saturated rings. The summed E-state index contributed by atoms with van der Waals surface area (Å²) in [6, 6.07) is 24.9. The second-order valence-electron chi connectivity index (χ2n) is 8.04. The average Bonchev–Trinajstić information content (AvgIpc) is 3.40. The van der Waals surface area contributed by atoms with Gasteiger partial charge in [0.2, 0.25) is 5.91 Å². The highest BCUT2D eigenvalue weighted by Gasteiger charge is 2.19. The van der Waals surface area contributed by atoms with Gasteiger partial charge in [0.25, 0.3) is 0 Å². The molecule has 33 heavy (non-hydrogen) atoms. The van der Waals surface area contributed by atoms with Crippen LogP contribution in [0.1, 0.15) is 30.3 Å². The Labute approximate surface area is 190 Å². The monoisotopic (exact) mass is 440 g/mol. The fourth-order valence-corrected chi connectivity index (χ4v) is 4.09. The summed E-state index contributed by atoms with van der Waals surface area (Å²) < 4.78 is 6.84. The molecular weight excluding hydrogens is 416 g/mol. The van der Waals surface area contributed by atoms with Gasteiger partial charge < -0.3 is 14.7 Å². The van der Waals surface area contributed by atoms with Crippen LogP contribution < -0.4 is 11.1 Å². The number of hydrogen-bond acceptors (Lipinski definition) is 4. The molecule has 2 aromatic heterocycles. The topological polar surface area (TPSA) is 92.9 Å². The van der Waals surface area contributed by atoms with Gasteiger partial charge in [-0.05, 0) is 42.7 Å². The van der Waals surface area contributed by atoms with E-state index >= 15 is 0 Å². The number of aromatic nitrogens is 3. The van der Waals surface area contributed by atoms with Gasteiger partial charge in [0.1, 0.15) is 5.82 Å². The Morgan fingerprint density at radius 2 is 1.76 bits per heavy atom. The first-order chi connectivity index (χ1) is 16.2. The van der Waals surface area contributed by atoms with E-state index in [1.165, 1.54) is 0 Å². The van der Waals surface area contributed by atoms with E-state index in [0.29, 0.717) is 25.0 Å². The summed E-state index contributed by atoms with van der Waals surface area (Å²) in [7, 11) is 0. The fourth-order valence-electron chi connectivity index (χ4n) is 4.09. The highest BCUT2D eigenvalue weighted by atomic mass is 16.4. The van der Waals surface area contributed by atoms with Crippen LogP contribution in [-0.2, 0) is 17.8 Å². The first-order valence-corrected chi connectivity index (χ1v) is 11.0. The van der Waals surface area contributed by atoms with Crippen LogP contribution in [0.3, 0.4) is 0 Å². The van der Waals surface area contributed by atoms with E-state index in [0.717, 1.165) is 27.9 Å². The molecule has 5 rings (SSSR count). The maximum atomic E-state index is 12.8. The molecular formula is C26H24N4O3. The Morgan fingerprint density at radius 1 is 1.00 bits per heavy atom. The number of H-pyrrole nitrogens is 1. The second-order valence-corrected chi connectivity index (χ2v) is 8.04. The lowest BCUT2D eigenvalue weighted by molar-refractivity contribution is -0.122. The number of para-hydroxylation sites is 4. The molecule has 2 N–H and O–H groups in total. The Hall–Kier alpha value is -4.13. The highest BCUT2D eigenvalue weighted by molar-refractivity contribution is 5.77. The normalized spacial score (nSPS) is 12.2. The van der Waals surface area contributed by atoms with E-state index in [1.807, 2.05) is 72.8 Å². The van der Waals surface area contributed by atoms with Crippen LogP contribution >= 0.6 is 0 Å². The van der Waals surface area contributed by atoms with Crippen molar-refractivity contribution in [2.45, 2.75) is 31.8 Å². The summed E-state index contributed by atoms with van der Waals surface area (Å²) in [5, 5.41) is 3.13. The molecule has 0 radical (unpaired) electrons. The summed E-state index contributed by atoms with van der Waals surface area (Å²) in [6.45, 7) is 0.414. The van der Waals surface area contributed by atoms with Gasteiger partial charge in [-0.3, -0.25) is 9.36 Å². The Kier molecular flexibility index (Phi) is 5.76. The number of imidazole rings is 1. The molecule has 0 saturated heterocycles. The number of nitrogens with zero attached hydrogens (tertiary/aromatic N) is 2. The number of fused-ring (bicyclic) bond motifs is 2. The van der Waals surface area contributed by atoms with Gasteiger partial charge in [-0.25, -0.2) is 9.78 Å². The Balaban J connectivity index is 1.29. The summed E-state index contributed by atoms with van der Waals surface area (Å²) in [4.78, 5) is 33.0. The van der Waals surface area contributed by atoms with Crippen LogP contribution in [-0.4, -0.2) is 20.4 Å². The van der Waals surface area contributed by atoms with Gasteiger partial charge in [0.05, 0.1) is 22.6 Å². The summed E-state index contributed by atoms with van der Waals surface area (Å²) in [6.07, 6.45) is 1.43. The van der Waals surface area contributed by atoms with Crippen LogP contribution in [0, 0.1) is 0 Å². The van der Waals surface area contributed by atoms with Gasteiger partial charge in [-0.1, -0.05) is 54.6 Å². The number of carbonyl (C=O) groups is 1. The maximum Gasteiger partial charge on any atom is 0.419 e. The molecule has 0 aliphatic heterocycles. The van der Waals surface area contributed by atoms with E-state index in [4.69, 9.17) is 9.40 Å². The van der Waals surface area contributed by atoms with Crippen LogP contribution in [0.2, 0.25) is 0 Å². The number of amides is 1. The third-order valence-corrected chi connectivity index (χ3v) is 5.71. The van der Waals surface area contributed by atoms with Gasteiger partial charge in [-0.15, -0.1) is 0 Å². The Morgan fingerprint density at radius 3 is 2.61 bits per heavy atom. The highest BCUT2D eigenvalue weighted by Crippen LogP contribution is 2.20. The predicted octanol–water partition coefficient (Wildman–Crippen LogP) is 4.35. The van der Waals surface area contributed by atoms with Crippen molar-refractivity contribution in [1.29, 1.82) is 0 Å². The number of aromatic amines is 1. The van der Waals surface area contributed by atoms with Gasteiger partial charge in [0.15, 0.2) is 5.58 Å². The zero-order valence-electron chi connectivity index (χ0n) is 18.0. The minimum absolute atomic E-state index is 0.0859. The molecule has 0 saturated carbocycles. The first-order valence-electron chi connectivity index (χ1n) is 11.0. The predicted molar refractivity (Wildman–Crippen MR) is 127 cm³/mol. The van der Waals surface area contributed by atoms with Crippen LogP contribution in [0.5, 0.6) is 0 Å². The van der Waals surface area contributed by atoms with Gasteiger partial charge >= 0.3 is 5.76 Å². The van der Waals surface area contributed by atoms with E-state index in [1.54, 1.807) is 10.6 Å². The van der Waals surface area contributed by atoms with Crippen molar-refractivity contribution in [2.75, 3.05) is 0 Å². The van der Waals surface area contributed by atoms with Crippen LogP contribution in [0.25, 0.3) is 22.1 Å². The van der Waals surface area contributed by atoms with Crippen LogP contribution in [0.4, 0.5) is 0 Å². The summed E-state index contributed by atoms with van der Waals surface area (Å²) in [5.41, 5.74) is 4.21. The molecule has 0 aliphatic carbocycles. The third-order valence-electron chi connectivity index (χ3n) is 5.71. The van der Waals surface area contributed by atoms with E-state index in [2.05, 4.69) is 10.3 Å². The lowest BCUT2D eigenvalue weighted by atomic mass is 10.1. The van der Waals surface area contributed by atoms with Crippen molar-refractivity contribution in [3.8, 4) is 0 Å². The molecule has 0 bridgehead atoms. The SMILES string of the molecule is O=C(CCCn1c(=O)oc2ccccc21)N[C@@H](Cc1ccccc1)c1nc2ccccc2[nH]1. The number of aryl methyl sites for hydroxylation is 1. The quantitative estimate of drug-likeness (QED) is 0.375. The average molecular weight is 441 g/mol. The zero-order chi connectivity index (χ0) is 22.6. The maximum absolute atomic E-state index is 12.8. The molecule has 1 amide bonds. The van der Waals surface area contributed by atoms with Crippen molar-refractivity contribution >= 4 is 28.0 Å². The van der Waals surface area contributed by atoms with Crippen molar-refractivity contribution in [1.82, 2.24) is 19.9 Å². The third kappa shape index (κ3) is 4.57. The lowest BCUT2D eigenvalue weighted by Crippen LogP contribution is -2.31. The summed E-state index contributed by atoms with van der Waals surface area (Å²) >= 11 is 0. The fraction of sp³-hybridized carbons (Fsp3) is 0.192. The largest absolute Gasteiger partial charge is 0.419 e. The summed E-state index contributed by atoms with van der Waals surface area (Å²) in [5.74, 6) is 0.239. The molecule has 0 spiro atoms. The number of carbonyl (C=O) groups excluding carboxylic acids is 1. The number of oxazole rings is 1. The number of hydrogen-bond donors (Lipinski definition) is 2. The van der Waals surface area contributed by atoms with Crippen molar-refractivity contribution in [3.05, 3.63) is 101 Å². The molecule has 0 unspecified atom stereocenters. The number of nitrogens with one attached hydrogen (secondary N) is 2. The molecule has 7 nitrogen and oxygen atoms in total. The molecule has 7 heteroatoms.